The molecular weight excluding hydrogens is 657 g/mol. The number of fused-ring (bicyclic) bond motifs is 3. The van der Waals surface area contributed by atoms with Crippen LogP contribution >= 0.6 is 0 Å². The van der Waals surface area contributed by atoms with Gasteiger partial charge in [-0.05, 0) is 104 Å². The van der Waals surface area contributed by atoms with Gasteiger partial charge in [-0.25, -0.2) is 9.97 Å². The van der Waals surface area contributed by atoms with Crippen molar-refractivity contribution in [3.05, 3.63) is 83.7 Å². The summed E-state index contributed by atoms with van der Waals surface area (Å²) in [6.45, 7) is 18.1. The number of nitrogens with one attached hydrogen (secondary N) is 2. The van der Waals surface area contributed by atoms with Crippen molar-refractivity contribution in [1.82, 2.24) is 29.7 Å². The Kier molecular flexibility index (Phi) is 10.8. The molecule has 4 heterocycles. The molecule has 2 aromatic heterocycles. The molecule has 2 saturated heterocycles. The van der Waals surface area contributed by atoms with Crippen LogP contribution in [0.1, 0.15) is 141 Å². The molecule has 3 aliphatic rings. The number of nitrogens with zero attached hydrogens (tertiary/aromatic N) is 4. The minimum atomic E-state index is -0.0149. The van der Waals surface area contributed by atoms with Gasteiger partial charge in [0.05, 0.1) is 35.0 Å². The van der Waals surface area contributed by atoms with Crippen molar-refractivity contribution < 1.29 is 9.59 Å². The van der Waals surface area contributed by atoms with E-state index in [0.29, 0.717) is 30.6 Å². The summed E-state index contributed by atoms with van der Waals surface area (Å²) in [5.41, 5.74) is 7.66. The van der Waals surface area contributed by atoms with E-state index in [4.69, 9.17) is 9.97 Å². The lowest BCUT2D eigenvalue weighted by atomic mass is 9.96. The van der Waals surface area contributed by atoms with Crippen LogP contribution < -0.4 is 0 Å². The fraction of sp³-hybridized carbons (Fsp3) is 0.511. The summed E-state index contributed by atoms with van der Waals surface area (Å²) in [5, 5.41) is 2.28. The Morgan fingerprint density at radius 2 is 1.70 bits per heavy atom. The Hall–Kier alpha value is -4.46. The number of imidazole rings is 2. The number of rotatable bonds is 9. The Balaban J connectivity index is 1.17. The first kappa shape index (κ1) is 36.9. The van der Waals surface area contributed by atoms with Crippen molar-refractivity contribution in [2.75, 3.05) is 6.54 Å². The summed E-state index contributed by atoms with van der Waals surface area (Å²) in [6.07, 6.45) is 15.5. The van der Waals surface area contributed by atoms with Crippen LogP contribution in [0.2, 0.25) is 0 Å². The van der Waals surface area contributed by atoms with Gasteiger partial charge in [0.1, 0.15) is 11.6 Å². The van der Waals surface area contributed by atoms with Crippen molar-refractivity contribution in [2.24, 2.45) is 17.8 Å². The third-order valence-electron chi connectivity index (χ3n) is 11.8. The number of benzene rings is 2. The molecule has 8 nitrogen and oxygen atoms in total. The highest BCUT2D eigenvalue weighted by molar-refractivity contribution is 6.05. The fourth-order valence-corrected chi connectivity index (χ4v) is 8.86. The highest BCUT2D eigenvalue weighted by Gasteiger charge is 2.38. The third-order valence-corrected chi connectivity index (χ3v) is 11.8. The molecule has 2 aliphatic heterocycles. The zero-order chi connectivity index (χ0) is 37.4. The summed E-state index contributed by atoms with van der Waals surface area (Å²) >= 11 is 0. The predicted octanol–water partition coefficient (Wildman–Crippen LogP) is 10.5. The van der Waals surface area contributed by atoms with E-state index < -0.39 is 0 Å². The molecule has 4 aromatic rings. The lowest BCUT2D eigenvalue weighted by Crippen LogP contribution is -2.36. The van der Waals surface area contributed by atoms with E-state index >= 15 is 0 Å². The average molecular weight is 715 g/mol. The summed E-state index contributed by atoms with van der Waals surface area (Å²) in [7, 11) is 0. The zero-order valence-electron chi connectivity index (χ0n) is 32.7. The van der Waals surface area contributed by atoms with Gasteiger partial charge in [0.15, 0.2) is 0 Å². The number of H-pyrrole nitrogens is 2. The molecule has 0 spiro atoms. The Morgan fingerprint density at radius 1 is 0.925 bits per heavy atom. The van der Waals surface area contributed by atoms with Crippen LogP contribution in [0.5, 0.6) is 0 Å². The minimum absolute atomic E-state index is 0.0126. The number of carbonyl (C=O) groups is 2. The van der Waals surface area contributed by atoms with Crippen LogP contribution in [-0.4, -0.2) is 54.1 Å². The summed E-state index contributed by atoms with van der Waals surface area (Å²) in [5.74, 6) is 3.38. The van der Waals surface area contributed by atoms with Crippen molar-refractivity contribution >= 4 is 44.8 Å². The van der Waals surface area contributed by atoms with Crippen LogP contribution in [0.4, 0.5) is 0 Å². The van der Waals surface area contributed by atoms with Gasteiger partial charge in [-0.15, -0.1) is 0 Å². The number of hydrogen-bond donors (Lipinski definition) is 2. The third kappa shape index (κ3) is 7.65. The van der Waals surface area contributed by atoms with E-state index in [-0.39, 0.29) is 29.9 Å². The normalized spacial score (nSPS) is 23.8. The van der Waals surface area contributed by atoms with Crippen LogP contribution in [-0.2, 0) is 9.59 Å². The van der Waals surface area contributed by atoms with Gasteiger partial charge in [-0.2, -0.15) is 0 Å². The van der Waals surface area contributed by atoms with Crippen LogP contribution in [0, 0.1) is 17.8 Å². The number of likely N-dealkylation sites (tertiary alicyclic amines) is 2. The van der Waals surface area contributed by atoms with Gasteiger partial charge >= 0.3 is 0 Å². The largest absolute Gasteiger partial charge is 0.340 e. The molecule has 280 valence electrons. The first-order valence-corrected chi connectivity index (χ1v) is 20.2. The van der Waals surface area contributed by atoms with Crippen molar-refractivity contribution in [2.45, 2.75) is 124 Å². The molecule has 2 fully saturated rings. The van der Waals surface area contributed by atoms with E-state index in [1.165, 1.54) is 11.1 Å². The first-order chi connectivity index (χ1) is 25.5. The number of hydrogen-bond acceptors (Lipinski definition) is 4. The molecule has 2 amide bonds. The second kappa shape index (κ2) is 15.5. The van der Waals surface area contributed by atoms with Gasteiger partial charge in [-0.1, -0.05) is 78.0 Å². The SMILES string of the molecule is C=C1CCCC/C(c2ccc3c(ccc4[nH]c([C@@H]5CC[C@H](C)N5C(=O)CC(C)C)nc43)c2)=C\C=C1c1cnc([C@@H]2C[C@H](CC)CN2C(=O)CC(C)C)[nH]1. The average Bonchev–Trinajstić information content (AvgIpc) is 3.93. The zero-order valence-corrected chi connectivity index (χ0v) is 32.7. The highest BCUT2D eigenvalue weighted by atomic mass is 16.2. The molecule has 1 aliphatic carbocycles. The Morgan fingerprint density at radius 3 is 2.47 bits per heavy atom. The van der Waals surface area contributed by atoms with E-state index in [1.807, 2.05) is 6.20 Å². The maximum absolute atomic E-state index is 13.3. The Bertz CT molecular complexity index is 2060. The molecule has 2 N–H and O–H groups in total. The summed E-state index contributed by atoms with van der Waals surface area (Å²) in [4.78, 5) is 47.9. The van der Waals surface area contributed by atoms with Gasteiger partial charge < -0.3 is 19.8 Å². The molecule has 0 unspecified atom stereocenters. The smallest absolute Gasteiger partial charge is 0.223 e. The molecule has 4 atom stereocenters. The standard InChI is InChI=1S/C45H58N6O2/c1-8-31-23-40(50(26-31)41(52)21-27(2)3)44-46-25-38(48-44)35-17-14-32(12-10-9-11-29(35)6)33-15-18-36-34(24-33)16-19-37-43(36)49-45(47-37)39-20-13-30(7)51(39)42(53)22-28(4)5/h14-19,24-25,27-28,30-31,39-40H,6,8-13,20-23,26H2,1-5,7H3,(H,46,48)(H,47,49)/b32-14+,35-17?/t30-,31-,39-,40-/m0/s1. The van der Waals surface area contributed by atoms with Crippen LogP contribution in [0.3, 0.4) is 0 Å². The molecule has 2 aromatic carbocycles. The molecule has 0 radical (unpaired) electrons. The fourth-order valence-electron chi connectivity index (χ4n) is 8.86. The number of aromatic nitrogens is 4. The van der Waals surface area contributed by atoms with Crippen LogP contribution in [0.25, 0.3) is 33.0 Å². The molecule has 53 heavy (non-hydrogen) atoms. The maximum atomic E-state index is 13.3. The van der Waals surface area contributed by atoms with E-state index in [2.05, 4.69) is 110 Å². The maximum Gasteiger partial charge on any atom is 0.223 e. The van der Waals surface area contributed by atoms with E-state index in [0.717, 1.165) is 108 Å². The predicted molar refractivity (Wildman–Crippen MR) is 216 cm³/mol. The topological polar surface area (TPSA) is 98.0 Å². The lowest BCUT2D eigenvalue weighted by molar-refractivity contribution is -0.135. The van der Waals surface area contributed by atoms with Crippen LogP contribution in [0.15, 0.2) is 60.8 Å². The van der Waals surface area contributed by atoms with Gasteiger partial charge in [0.25, 0.3) is 0 Å². The number of amides is 2. The molecule has 7 rings (SSSR count). The first-order valence-electron chi connectivity index (χ1n) is 20.2. The summed E-state index contributed by atoms with van der Waals surface area (Å²) in [6, 6.07) is 11.3. The molecule has 0 saturated carbocycles. The minimum Gasteiger partial charge on any atom is -0.340 e. The van der Waals surface area contributed by atoms with E-state index in [9.17, 15) is 9.59 Å². The van der Waals surface area contributed by atoms with Gasteiger partial charge in [-0.3, -0.25) is 9.59 Å². The number of carbonyl (C=O) groups excluding carboxylic acids is 2. The monoisotopic (exact) mass is 714 g/mol. The van der Waals surface area contributed by atoms with Crippen molar-refractivity contribution in [3.8, 4) is 0 Å². The van der Waals surface area contributed by atoms with E-state index in [1.54, 1.807) is 0 Å². The second-order valence-corrected chi connectivity index (χ2v) is 16.8. The number of aromatic amines is 2. The number of allylic oxidation sites excluding steroid dienone is 5. The summed E-state index contributed by atoms with van der Waals surface area (Å²) < 4.78 is 0. The quantitative estimate of drug-likeness (QED) is 0.180. The van der Waals surface area contributed by atoms with Crippen molar-refractivity contribution in [3.63, 3.8) is 0 Å². The highest BCUT2D eigenvalue weighted by Crippen LogP contribution is 2.40. The lowest BCUT2D eigenvalue weighted by Gasteiger charge is -2.28. The van der Waals surface area contributed by atoms with Crippen molar-refractivity contribution in [1.29, 1.82) is 0 Å². The second-order valence-electron chi connectivity index (χ2n) is 16.8. The molecule has 0 bridgehead atoms. The Labute approximate surface area is 315 Å². The molecule has 8 heteroatoms. The molecular formula is C45H58N6O2. The van der Waals surface area contributed by atoms with Gasteiger partial charge in [0, 0.05) is 36.4 Å². The van der Waals surface area contributed by atoms with Gasteiger partial charge in [0.2, 0.25) is 11.8 Å².